The van der Waals surface area contributed by atoms with E-state index in [9.17, 15) is 4.39 Å². The number of fused-ring (bicyclic) bond motifs is 1. The van der Waals surface area contributed by atoms with E-state index in [-0.39, 0.29) is 5.82 Å². The third-order valence-corrected chi connectivity index (χ3v) is 3.67. The molecule has 62 valence electrons. The smallest absolute Gasteiger partial charge is 0.159 e. The van der Waals surface area contributed by atoms with Gasteiger partial charge < -0.3 is 4.98 Å². The Balaban J connectivity index is 3.03. The molecule has 0 aliphatic carbocycles. The minimum Gasteiger partial charge on any atom is -0.334 e. The normalized spacial score (nSPS) is 10.8. The summed E-state index contributed by atoms with van der Waals surface area (Å²) in [4.78, 5) is 2.80. The maximum Gasteiger partial charge on any atom is 0.159 e. The zero-order valence-corrected chi connectivity index (χ0v) is 8.95. The Labute approximate surface area is 85.4 Å². The van der Waals surface area contributed by atoms with Gasteiger partial charge in [0.05, 0.1) is 10.2 Å². The summed E-state index contributed by atoms with van der Waals surface area (Å²) in [5.74, 6) is -0.263. The van der Waals surface area contributed by atoms with E-state index in [4.69, 9.17) is 12.2 Å². The summed E-state index contributed by atoms with van der Waals surface area (Å²) >= 11 is 9.59. The van der Waals surface area contributed by atoms with E-state index < -0.39 is 0 Å². The molecule has 0 aliphatic heterocycles. The van der Waals surface area contributed by atoms with E-state index in [1.807, 2.05) is 0 Å². The van der Waals surface area contributed by atoms with Crippen molar-refractivity contribution in [3.8, 4) is 0 Å². The van der Waals surface area contributed by atoms with Crippen LogP contribution in [-0.2, 0) is 0 Å². The Morgan fingerprint density at radius 3 is 2.92 bits per heavy atom. The van der Waals surface area contributed by atoms with E-state index in [0.717, 1.165) is 9.17 Å². The van der Waals surface area contributed by atoms with Gasteiger partial charge in [0.1, 0.15) is 5.82 Å². The van der Waals surface area contributed by atoms with Crippen molar-refractivity contribution in [2.45, 2.75) is 0 Å². The number of rotatable bonds is 0. The summed E-state index contributed by atoms with van der Waals surface area (Å²) in [5, 5.41) is 0. The lowest BCUT2D eigenvalue weighted by Gasteiger charge is -1.92. The maximum absolute atomic E-state index is 13.1. The van der Waals surface area contributed by atoms with Crippen LogP contribution in [0.5, 0.6) is 0 Å². The number of thiazole rings is 1. The zero-order chi connectivity index (χ0) is 8.72. The molecule has 12 heavy (non-hydrogen) atoms. The topological polar surface area (TPSA) is 15.8 Å². The van der Waals surface area contributed by atoms with Crippen LogP contribution in [0.4, 0.5) is 4.39 Å². The lowest BCUT2D eigenvalue weighted by molar-refractivity contribution is 0.637. The number of aromatic nitrogens is 1. The second-order valence-electron chi connectivity index (χ2n) is 2.25. The number of benzene rings is 1. The van der Waals surface area contributed by atoms with Gasteiger partial charge in [0.15, 0.2) is 3.95 Å². The van der Waals surface area contributed by atoms with Gasteiger partial charge in [-0.2, -0.15) is 0 Å². The molecule has 0 saturated carbocycles. The summed E-state index contributed by atoms with van der Waals surface area (Å²) in [7, 11) is 0. The predicted octanol–water partition coefficient (Wildman–Crippen LogP) is 3.86. The molecule has 0 saturated heterocycles. The lowest BCUT2D eigenvalue weighted by atomic mass is 10.3. The van der Waals surface area contributed by atoms with Crippen molar-refractivity contribution in [3.05, 3.63) is 26.4 Å². The highest BCUT2D eigenvalue weighted by Gasteiger charge is 2.05. The molecular formula is C7H3BrFNS2. The first-order chi connectivity index (χ1) is 5.68. The number of nitrogens with one attached hydrogen (secondary N) is 1. The number of hydrogen-bond acceptors (Lipinski definition) is 2. The highest BCUT2D eigenvalue weighted by molar-refractivity contribution is 9.10. The predicted molar refractivity (Wildman–Crippen MR) is 54.7 cm³/mol. The molecule has 1 heterocycles. The van der Waals surface area contributed by atoms with Gasteiger partial charge in [-0.25, -0.2) is 4.39 Å². The van der Waals surface area contributed by atoms with Crippen LogP contribution in [0.15, 0.2) is 16.6 Å². The van der Waals surface area contributed by atoms with Crippen LogP contribution in [0.2, 0.25) is 0 Å². The van der Waals surface area contributed by atoms with Gasteiger partial charge in [0.25, 0.3) is 0 Å². The summed E-state index contributed by atoms with van der Waals surface area (Å²) in [5.41, 5.74) is 0.486. The highest BCUT2D eigenvalue weighted by atomic mass is 79.9. The number of halogens is 2. The lowest BCUT2D eigenvalue weighted by Crippen LogP contribution is -1.76. The van der Waals surface area contributed by atoms with E-state index in [2.05, 4.69) is 20.9 Å². The van der Waals surface area contributed by atoms with Crippen molar-refractivity contribution in [3.63, 3.8) is 0 Å². The molecule has 1 N–H and O–H groups in total. The molecule has 0 radical (unpaired) electrons. The van der Waals surface area contributed by atoms with Crippen molar-refractivity contribution in [1.29, 1.82) is 0 Å². The Morgan fingerprint density at radius 1 is 1.50 bits per heavy atom. The first-order valence-corrected chi connectivity index (χ1v) is 5.17. The molecule has 5 heteroatoms. The Morgan fingerprint density at radius 2 is 2.25 bits per heavy atom. The van der Waals surface area contributed by atoms with Gasteiger partial charge in [-0.05, 0) is 40.3 Å². The van der Waals surface area contributed by atoms with Crippen molar-refractivity contribution in [2.24, 2.45) is 0 Å². The Hall–Kier alpha value is -0.260. The van der Waals surface area contributed by atoms with Crippen LogP contribution in [-0.4, -0.2) is 4.98 Å². The third kappa shape index (κ3) is 1.22. The summed E-state index contributed by atoms with van der Waals surface area (Å²) in [6, 6.07) is 3.08. The van der Waals surface area contributed by atoms with Gasteiger partial charge >= 0.3 is 0 Å². The molecule has 0 spiro atoms. The first kappa shape index (κ1) is 8.34. The molecule has 0 bridgehead atoms. The monoisotopic (exact) mass is 263 g/mol. The van der Waals surface area contributed by atoms with E-state index >= 15 is 0 Å². The van der Waals surface area contributed by atoms with Gasteiger partial charge in [-0.1, -0.05) is 0 Å². The number of aromatic amines is 1. The molecule has 0 unspecified atom stereocenters. The van der Waals surface area contributed by atoms with Crippen molar-refractivity contribution in [1.82, 2.24) is 4.98 Å². The van der Waals surface area contributed by atoms with Crippen molar-refractivity contribution in [2.75, 3.05) is 0 Å². The quantitative estimate of drug-likeness (QED) is 0.714. The van der Waals surface area contributed by atoms with E-state index in [1.54, 1.807) is 6.07 Å². The SMILES string of the molecule is Fc1ccc(Br)c2sc(=S)[nH]c12. The molecule has 2 rings (SSSR count). The van der Waals surface area contributed by atoms with Crippen LogP contribution in [0, 0.1) is 9.77 Å². The molecule has 0 aliphatic rings. The van der Waals surface area contributed by atoms with Crippen LogP contribution in [0.1, 0.15) is 0 Å². The average Bonchev–Trinajstić information content (AvgIpc) is 2.41. The fourth-order valence-electron chi connectivity index (χ4n) is 0.970. The molecule has 1 aromatic heterocycles. The van der Waals surface area contributed by atoms with Crippen LogP contribution < -0.4 is 0 Å². The molecular weight excluding hydrogens is 261 g/mol. The largest absolute Gasteiger partial charge is 0.334 e. The summed E-state index contributed by atoms with van der Waals surface area (Å²) in [6.07, 6.45) is 0. The van der Waals surface area contributed by atoms with Gasteiger partial charge in [0.2, 0.25) is 0 Å². The first-order valence-electron chi connectivity index (χ1n) is 3.15. The second kappa shape index (κ2) is 2.90. The fourth-order valence-corrected chi connectivity index (χ4v) is 2.65. The zero-order valence-electron chi connectivity index (χ0n) is 5.73. The summed E-state index contributed by atoms with van der Waals surface area (Å²) < 4.78 is 15.4. The van der Waals surface area contributed by atoms with Gasteiger partial charge in [-0.15, -0.1) is 11.3 Å². The Bertz CT molecular complexity index is 446. The molecule has 2 aromatic rings. The molecule has 0 fully saturated rings. The third-order valence-electron chi connectivity index (χ3n) is 1.48. The molecule has 0 amide bonds. The van der Waals surface area contributed by atoms with Crippen molar-refractivity contribution >= 4 is 49.7 Å². The second-order valence-corrected chi connectivity index (χ2v) is 4.79. The fraction of sp³-hybridized carbons (Fsp3) is 0. The molecule has 1 aromatic carbocycles. The maximum atomic E-state index is 13.1. The minimum atomic E-state index is -0.263. The van der Waals surface area contributed by atoms with Gasteiger partial charge in [0, 0.05) is 4.47 Å². The van der Waals surface area contributed by atoms with Crippen LogP contribution >= 0.6 is 39.5 Å². The number of H-pyrrole nitrogens is 1. The standard InChI is InChI=1S/C7H3BrFNS2/c8-3-1-2-4(9)5-6(3)12-7(11)10-5/h1-2H,(H,10,11). The number of hydrogen-bond donors (Lipinski definition) is 1. The van der Waals surface area contributed by atoms with Gasteiger partial charge in [-0.3, -0.25) is 0 Å². The van der Waals surface area contributed by atoms with Crippen molar-refractivity contribution < 1.29 is 4.39 Å². The Kier molecular flexibility index (Phi) is 2.02. The molecule has 1 nitrogen and oxygen atoms in total. The van der Waals surface area contributed by atoms with E-state index in [1.165, 1.54) is 17.4 Å². The van der Waals surface area contributed by atoms with E-state index in [0.29, 0.717) is 9.47 Å². The summed E-state index contributed by atoms with van der Waals surface area (Å²) in [6.45, 7) is 0. The van der Waals surface area contributed by atoms with Crippen LogP contribution in [0.25, 0.3) is 10.2 Å². The average molecular weight is 264 g/mol. The highest BCUT2D eigenvalue weighted by Crippen LogP contribution is 2.29. The minimum absolute atomic E-state index is 0.263. The molecule has 0 atom stereocenters. The van der Waals surface area contributed by atoms with Crippen LogP contribution in [0.3, 0.4) is 0 Å².